The van der Waals surface area contributed by atoms with E-state index >= 15 is 0 Å². The van der Waals surface area contributed by atoms with Crippen LogP contribution >= 0.6 is 0 Å². The summed E-state index contributed by atoms with van der Waals surface area (Å²) in [7, 11) is 1.69. The van der Waals surface area contributed by atoms with Crippen LogP contribution in [0, 0.1) is 0 Å². The molecule has 3 nitrogen and oxygen atoms in total. The summed E-state index contributed by atoms with van der Waals surface area (Å²) < 4.78 is 5.30. The molecule has 0 amide bonds. The normalized spacial score (nSPS) is 10.2. The maximum absolute atomic E-state index is 5.30. The van der Waals surface area contributed by atoms with Gasteiger partial charge in [-0.1, -0.05) is 42.5 Å². The van der Waals surface area contributed by atoms with E-state index in [0.29, 0.717) is 0 Å². The first-order chi connectivity index (χ1) is 9.90. The number of nitrogens with one attached hydrogen (secondary N) is 2. The van der Waals surface area contributed by atoms with Crippen LogP contribution in [0.4, 0.5) is 5.69 Å². The molecule has 20 heavy (non-hydrogen) atoms. The Bertz CT molecular complexity index is 499. The topological polar surface area (TPSA) is 33.3 Å². The molecule has 0 unspecified atom stereocenters. The number of hydrogen-bond acceptors (Lipinski definition) is 3. The summed E-state index contributed by atoms with van der Waals surface area (Å²) in [5.74, 6) is 0.886. The van der Waals surface area contributed by atoms with Crippen molar-refractivity contribution in [1.29, 1.82) is 0 Å². The van der Waals surface area contributed by atoms with Crippen molar-refractivity contribution in [2.75, 3.05) is 32.1 Å². The van der Waals surface area contributed by atoms with E-state index in [9.17, 15) is 0 Å². The highest BCUT2D eigenvalue weighted by molar-refractivity contribution is 5.56. The highest BCUT2D eigenvalue weighted by Gasteiger charge is 1.99. The fourth-order valence-electron chi connectivity index (χ4n) is 2.08. The van der Waals surface area contributed by atoms with E-state index in [1.54, 1.807) is 7.11 Å². The minimum absolute atomic E-state index is 0.884. The van der Waals surface area contributed by atoms with Crippen LogP contribution in [-0.4, -0.2) is 26.7 Å². The molecule has 0 aliphatic rings. The Kier molecular flexibility index (Phi) is 5.93. The molecule has 0 spiro atoms. The van der Waals surface area contributed by atoms with Crippen molar-refractivity contribution in [3.8, 4) is 5.75 Å². The van der Waals surface area contributed by atoms with Gasteiger partial charge < -0.3 is 15.4 Å². The number of rotatable bonds is 8. The highest BCUT2D eigenvalue weighted by atomic mass is 16.5. The van der Waals surface area contributed by atoms with E-state index in [4.69, 9.17) is 4.74 Å². The van der Waals surface area contributed by atoms with Gasteiger partial charge in [-0.15, -0.1) is 0 Å². The smallest absolute Gasteiger partial charge is 0.141 e. The van der Waals surface area contributed by atoms with E-state index in [2.05, 4.69) is 34.9 Å². The van der Waals surface area contributed by atoms with Gasteiger partial charge in [0.25, 0.3) is 0 Å². The zero-order valence-electron chi connectivity index (χ0n) is 11.9. The molecule has 106 valence electrons. The molecule has 0 heterocycles. The van der Waals surface area contributed by atoms with Crippen molar-refractivity contribution in [2.24, 2.45) is 0 Å². The molecule has 0 bridgehead atoms. The second-order valence-corrected chi connectivity index (χ2v) is 4.61. The maximum Gasteiger partial charge on any atom is 0.141 e. The number of benzene rings is 2. The third-order valence-corrected chi connectivity index (χ3v) is 3.16. The fraction of sp³-hybridized carbons (Fsp3) is 0.294. The predicted molar refractivity (Wildman–Crippen MR) is 84.5 cm³/mol. The van der Waals surface area contributed by atoms with Crippen LogP contribution < -0.4 is 15.4 Å². The largest absolute Gasteiger partial charge is 0.495 e. The molecule has 0 aromatic heterocycles. The van der Waals surface area contributed by atoms with E-state index in [1.807, 2.05) is 30.3 Å². The van der Waals surface area contributed by atoms with Crippen LogP contribution in [0.3, 0.4) is 0 Å². The molecule has 0 radical (unpaired) electrons. The number of hydrogen-bond donors (Lipinski definition) is 2. The molecule has 2 N–H and O–H groups in total. The van der Waals surface area contributed by atoms with Gasteiger partial charge in [-0.2, -0.15) is 0 Å². The predicted octanol–water partition coefficient (Wildman–Crippen LogP) is 2.94. The Morgan fingerprint density at radius 3 is 2.40 bits per heavy atom. The van der Waals surface area contributed by atoms with Gasteiger partial charge in [0.05, 0.1) is 12.8 Å². The van der Waals surface area contributed by atoms with Gasteiger partial charge in [-0.25, -0.2) is 0 Å². The average molecular weight is 270 g/mol. The summed E-state index contributed by atoms with van der Waals surface area (Å²) in [5.41, 5.74) is 2.41. The second-order valence-electron chi connectivity index (χ2n) is 4.61. The minimum Gasteiger partial charge on any atom is -0.495 e. The van der Waals surface area contributed by atoms with Crippen LogP contribution in [0.1, 0.15) is 5.56 Å². The lowest BCUT2D eigenvalue weighted by Gasteiger charge is -2.11. The van der Waals surface area contributed by atoms with Gasteiger partial charge in [-0.3, -0.25) is 0 Å². The van der Waals surface area contributed by atoms with Gasteiger partial charge in [0.1, 0.15) is 5.75 Å². The van der Waals surface area contributed by atoms with Gasteiger partial charge in [-0.05, 0) is 30.7 Å². The number of para-hydroxylation sites is 2. The number of methoxy groups -OCH3 is 1. The molecule has 0 fully saturated rings. The van der Waals surface area contributed by atoms with Gasteiger partial charge in [0.15, 0.2) is 0 Å². The number of anilines is 1. The molecule has 0 saturated heterocycles. The number of ether oxygens (including phenoxy) is 1. The zero-order valence-corrected chi connectivity index (χ0v) is 11.9. The quantitative estimate of drug-likeness (QED) is 0.724. The molecular formula is C17H22N2O. The summed E-state index contributed by atoms with van der Waals surface area (Å²) in [6.07, 6.45) is 1.06. The lowest BCUT2D eigenvalue weighted by Crippen LogP contribution is -2.24. The monoisotopic (exact) mass is 270 g/mol. The van der Waals surface area contributed by atoms with Crippen molar-refractivity contribution in [3.63, 3.8) is 0 Å². The first kappa shape index (κ1) is 14.4. The van der Waals surface area contributed by atoms with Crippen molar-refractivity contribution in [1.82, 2.24) is 5.32 Å². The molecule has 0 aliphatic carbocycles. The Balaban J connectivity index is 1.62. The Morgan fingerprint density at radius 1 is 0.850 bits per heavy atom. The van der Waals surface area contributed by atoms with Gasteiger partial charge >= 0.3 is 0 Å². The first-order valence-corrected chi connectivity index (χ1v) is 7.01. The SMILES string of the molecule is COc1ccccc1NCCNCCc1ccccc1. The summed E-state index contributed by atoms with van der Waals surface area (Å²) in [6, 6.07) is 18.5. The van der Waals surface area contributed by atoms with Crippen molar-refractivity contribution in [2.45, 2.75) is 6.42 Å². The lowest BCUT2D eigenvalue weighted by atomic mass is 10.1. The summed E-state index contributed by atoms with van der Waals surface area (Å²) in [6.45, 7) is 2.82. The second kappa shape index (κ2) is 8.23. The Morgan fingerprint density at radius 2 is 1.60 bits per heavy atom. The van der Waals surface area contributed by atoms with Crippen LogP contribution in [0.5, 0.6) is 5.75 Å². The molecular weight excluding hydrogens is 248 g/mol. The standard InChI is InChI=1S/C17H22N2O/c1-20-17-10-6-5-9-16(17)19-14-13-18-12-11-15-7-3-2-4-8-15/h2-10,18-19H,11-14H2,1H3. The molecule has 3 heteroatoms. The zero-order chi connectivity index (χ0) is 14.0. The van der Waals surface area contributed by atoms with Gasteiger partial charge in [0, 0.05) is 13.1 Å². The van der Waals surface area contributed by atoms with E-state index in [0.717, 1.165) is 37.5 Å². The third kappa shape index (κ3) is 4.59. The van der Waals surface area contributed by atoms with Crippen LogP contribution in [0.2, 0.25) is 0 Å². The van der Waals surface area contributed by atoms with E-state index in [1.165, 1.54) is 5.56 Å². The van der Waals surface area contributed by atoms with Gasteiger partial charge in [0.2, 0.25) is 0 Å². The maximum atomic E-state index is 5.30. The van der Waals surface area contributed by atoms with Crippen molar-refractivity contribution in [3.05, 3.63) is 60.2 Å². The Hall–Kier alpha value is -2.00. The fourth-order valence-corrected chi connectivity index (χ4v) is 2.08. The molecule has 2 aromatic carbocycles. The average Bonchev–Trinajstić information content (AvgIpc) is 2.52. The molecule has 0 aliphatic heterocycles. The third-order valence-electron chi connectivity index (χ3n) is 3.16. The van der Waals surface area contributed by atoms with Crippen LogP contribution in [0.25, 0.3) is 0 Å². The van der Waals surface area contributed by atoms with Crippen molar-refractivity contribution >= 4 is 5.69 Å². The summed E-state index contributed by atoms with van der Waals surface area (Å²) >= 11 is 0. The molecule has 2 aromatic rings. The summed E-state index contributed by atoms with van der Waals surface area (Å²) in [4.78, 5) is 0. The highest BCUT2D eigenvalue weighted by Crippen LogP contribution is 2.22. The van der Waals surface area contributed by atoms with Crippen molar-refractivity contribution < 1.29 is 4.74 Å². The molecule has 0 atom stereocenters. The minimum atomic E-state index is 0.884. The lowest BCUT2D eigenvalue weighted by molar-refractivity contribution is 0.416. The molecule has 0 saturated carbocycles. The molecule has 2 rings (SSSR count). The first-order valence-electron chi connectivity index (χ1n) is 7.01. The van der Waals surface area contributed by atoms with Crippen LogP contribution in [-0.2, 0) is 6.42 Å². The summed E-state index contributed by atoms with van der Waals surface area (Å²) in [5, 5.41) is 6.81. The van der Waals surface area contributed by atoms with E-state index < -0.39 is 0 Å². The Labute approximate surface area is 121 Å². The van der Waals surface area contributed by atoms with E-state index in [-0.39, 0.29) is 0 Å². The van der Waals surface area contributed by atoms with Crippen LogP contribution in [0.15, 0.2) is 54.6 Å².